The van der Waals surface area contributed by atoms with Gasteiger partial charge in [-0.3, -0.25) is 4.79 Å². The van der Waals surface area contributed by atoms with Crippen LogP contribution in [0.1, 0.15) is 58.2 Å². The SMILES string of the molecule is [2H]C([2H])([2H])c1cc2c([C@H](C)N)c3c(nc2cc1F)-c1cc2c(c(=O)n1C3)COC(=O)[C@]2(O)CC. The summed E-state index contributed by atoms with van der Waals surface area (Å²) in [6.07, 6.45) is 0.00786. The van der Waals surface area contributed by atoms with Gasteiger partial charge in [0.1, 0.15) is 12.4 Å². The van der Waals surface area contributed by atoms with E-state index in [9.17, 15) is 19.1 Å². The van der Waals surface area contributed by atoms with Crippen LogP contribution in [0.4, 0.5) is 4.39 Å². The summed E-state index contributed by atoms with van der Waals surface area (Å²) in [5, 5.41) is 11.4. The number of aliphatic hydroxyl groups is 1. The van der Waals surface area contributed by atoms with Crippen LogP contribution in [-0.4, -0.2) is 20.6 Å². The number of halogens is 1. The molecule has 3 N–H and O–H groups in total. The van der Waals surface area contributed by atoms with E-state index in [0.717, 1.165) is 6.07 Å². The number of hydrogen-bond donors (Lipinski definition) is 2. The lowest BCUT2D eigenvalue weighted by Gasteiger charge is -2.31. The molecule has 0 spiro atoms. The molecule has 31 heavy (non-hydrogen) atoms. The van der Waals surface area contributed by atoms with Gasteiger partial charge in [-0.2, -0.15) is 0 Å². The molecule has 5 rings (SSSR count). The minimum Gasteiger partial charge on any atom is -0.458 e. The van der Waals surface area contributed by atoms with Gasteiger partial charge in [0.05, 0.1) is 29.0 Å². The van der Waals surface area contributed by atoms with Crippen molar-refractivity contribution in [3.8, 4) is 11.4 Å². The van der Waals surface area contributed by atoms with Crippen molar-refractivity contribution in [1.29, 1.82) is 0 Å². The first-order valence-corrected chi connectivity index (χ1v) is 9.97. The third-order valence-corrected chi connectivity index (χ3v) is 6.28. The van der Waals surface area contributed by atoms with Crippen LogP contribution in [-0.2, 0) is 28.3 Å². The highest BCUT2D eigenvalue weighted by atomic mass is 19.1. The van der Waals surface area contributed by atoms with Gasteiger partial charge < -0.3 is 20.1 Å². The Kier molecular flexibility index (Phi) is 3.45. The zero-order valence-electron chi connectivity index (χ0n) is 20.0. The van der Waals surface area contributed by atoms with E-state index in [-0.39, 0.29) is 36.2 Å². The Morgan fingerprint density at radius 1 is 1.39 bits per heavy atom. The number of hydrogen-bond acceptors (Lipinski definition) is 6. The Bertz CT molecular complexity index is 1470. The number of nitrogens with two attached hydrogens (primary N) is 1. The molecule has 0 saturated heterocycles. The number of nitrogens with zero attached hydrogens (tertiary/aromatic N) is 2. The van der Waals surface area contributed by atoms with Gasteiger partial charge in [-0.05, 0) is 43.5 Å². The van der Waals surface area contributed by atoms with Crippen LogP contribution in [0.25, 0.3) is 22.3 Å². The van der Waals surface area contributed by atoms with Crippen LogP contribution in [0.15, 0.2) is 23.0 Å². The molecular weight excluding hydrogens is 401 g/mol. The molecule has 0 fully saturated rings. The lowest BCUT2D eigenvalue weighted by molar-refractivity contribution is -0.172. The largest absolute Gasteiger partial charge is 0.458 e. The predicted octanol–water partition coefficient (Wildman–Crippen LogP) is 2.55. The molecule has 0 aliphatic carbocycles. The van der Waals surface area contributed by atoms with Crippen LogP contribution in [0.5, 0.6) is 0 Å². The molecule has 0 bridgehead atoms. The molecule has 8 heteroatoms. The number of carbonyl (C=O) groups is 1. The summed E-state index contributed by atoms with van der Waals surface area (Å²) < 4.78 is 44.2. The van der Waals surface area contributed by atoms with Crippen LogP contribution >= 0.6 is 0 Å². The normalized spacial score (nSPS) is 22.1. The summed E-state index contributed by atoms with van der Waals surface area (Å²) in [6.45, 7) is 0.514. The molecule has 0 amide bonds. The first-order chi connectivity index (χ1) is 15.9. The van der Waals surface area contributed by atoms with Crippen LogP contribution in [0.3, 0.4) is 0 Å². The fraction of sp³-hybridized carbons (Fsp3) is 0.348. The number of aryl methyl sites for hydroxylation is 1. The lowest BCUT2D eigenvalue weighted by atomic mass is 9.86. The topological polar surface area (TPSA) is 107 Å². The Balaban J connectivity index is 1.84. The van der Waals surface area contributed by atoms with E-state index >= 15 is 0 Å². The van der Waals surface area contributed by atoms with Gasteiger partial charge in [-0.25, -0.2) is 14.2 Å². The zero-order valence-corrected chi connectivity index (χ0v) is 17.0. The van der Waals surface area contributed by atoms with Crippen molar-refractivity contribution in [2.24, 2.45) is 5.73 Å². The van der Waals surface area contributed by atoms with Gasteiger partial charge in [0.2, 0.25) is 0 Å². The van der Waals surface area contributed by atoms with Crippen LogP contribution < -0.4 is 11.3 Å². The molecule has 2 aliphatic rings. The Hall–Kier alpha value is -3.10. The minimum absolute atomic E-state index is 0.00786. The van der Waals surface area contributed by atoms with E-state index in [1.807, 2.05) is 0 Å². The van der Waals surface area contributed by atoms with Crippen molar-refractivity contribution >= 4 is 16.9 Å². The van der Waals surface area contributed by atoms with Gasteiger partial charge in [-0.1, -0.05) is 6.92 Å². The van der Waals surface area contributed by atoms with Gasteiger partial charge in [0, 0.05) is 32.7 Å². The molecule has 160 valence electrons. The first-order valence-electron chi connectivity index (χ1n) is 11.5. The quantitative estimate of drug-likeness (QED) is 0.477. The molecule has 2 aliphatic heterocycles. The summed E-state index contributed by atoms with van der Waals surface area (Å²) in [5.41, 5.74) is 5.90. The highest BCUT2D eigenvalue weighted by molar-refractivity contribution is 5.90. The van der Waals surface area contributed by atoms with Gasteiger partial charge in [0.15, 0.2) is 5.60 Å². The molecule has 0 radical (unpaired) electrons. The summed E-state index contributed by atoms with van der Waals surface area (Å²) in [6, 6.07) is 3.29. The van der Waals surface area contributed by atoms with E-state index in [1.54, 1.807) is 19.9 Å². The number of esters is 1. The molecule has 2 aromatic heterocycles. The highest BCUT2D eigenvalue weighted by Gasteiger charge is 2.45. The molecule has 1 aromatic carbocycles. The fourth-order valence-electron chi connectivity index (χ4n) is 4.65. The Labute approximate surface area is 181 Å². The number of cyclic esters (lactones) is 1. The average Bonchev–Trinajstić information content (AvgIpc) is 3.12. The molecular formula is C23H22FN3O4. The second-order valence-corrected chi connectivity index (χ2v) is 8.09. The Morgan fingerprint density at radius 2 is 2.16 bits per heavy atom. The van der Waals surface area contributed by atoms with E-state index < -0.39 is 41.4 Å². The van der Waals surface area contributed by atoms with Gasteiger partial charge >= 0.3 is 5.97 Å². The van der Waals surface area contributed by atoms with Crippen LogP contribution in [0.2, 0.25) is 0 Å². The van der Waals surface area contributed by atoms with E-state index in [4.69, 9.17) is 14.6 Å². The third kappa shape index (κ3) is 2.55. The summed E-state index contributed by atoms with van der Waals surface area (Å²) in [5.74, 6) is -1.74. The van der Waals surface area contributed by atoms with Crippen molar-refractivity contribution in [3.05, 3.63) is 62.2 Å². The van der Waals surface area contributed by atoms with Crippen LogP contribution in [0, 0.1) is 12.7 Å². The maximum atomic E-state index is 14.7. The molecule has 7 nitrogen and oxygen atoms in total. The summed E-state index contributed by atoms with van der Waals surface area (Å²) in [4.78, 5) is 30.3. The molecule has 3 aromatic rings. The Morgan fingerprint density at radius 3 is 2.84 bits per heavy atom. The third-order valence-electron chi connectivity index (χ3n) is 6.28. The first kappa shape index (κ1) is 16.6. The molecule has 0 unspecified atom stereocenters. The van der Waals surface area contributed by atoms with E-state index in [0.29, 0.717) is 27.9 Å². The monoisotopic (exact) mass is 426 g/mol. The van der Waals surface area contributed by atoms with Crippen molar-refractivity contribution in [2.45, 2.75) is 51.9 Å². The average molecular weight is 426 g/mol. The van der Waals surface area contributed by atoms with Crippen molar-refractivity contribution in [1.82, 2.24) is 9.55 Å². The maximum absolute atomic E-state index is 14.7. The predicted molar refractivity (Wildman–Crippen MR) is 112 cm³/mol. The minimum atomic E-state index is -2.66. The van der Waals surface area contributed by atoms with Crippen molar-refractivity contribution in [3.63, 3.8) is 0 Å². The standard InChI is InChI=1S/C23H22FN3O4/c1-4-23(30)15-6-18-20-13(8-27(18)21(28)14(15)9-31-22(23)29)19(11(3)25)12-5-10(2)16(24)7-17(12)26-20/h5-7,11,30H,4,8-9,25H2,1-3H3/t11-,23-/m0/s1/i2D3. The van der Waals surface area contributed by atoms with Crippen molar-refractivity contribution < 1.29 is 23.1 Å². The number of carbonyl (C=O) groups excluding carboxylic acids is 1. The molecule has 4 heterocycles. The van der Waals surface area contributed by atoms with Gasteiger partial charge in [-0.15, -0.1) is 0 Å². The highest BCUT2D eigenvalue weighted by Crippen LogP contribution is 2.41. The van der Waals surface area contributed by atoms with Gasteiger partial charge in [0.25, 0.3) is 5.56 Å². The molecule has 0 saturated carbocycles. The number of ether oxygens (including phenoxy) is 1. The maximum Gasteiger partial charge on any atom is 0.343 e. The fourth-order valence-corrected chi connectivity index (χ4v) is 4.65. The number of benzene rings is 1. The molecule has 2 atom stereocenters. The smallest absolute Gasteiger partial charge is 0.343 e. The second kappa shape index (κ2) is 6.45. The zero-order chi connectivity index (χ0) is 24.7. The summed E-state index contributed by atoms with van der Waals surface area (Å²) >= 11 is 0. The van der Waals surface area contributed by atoms with E-state index in [1.165, 1.54) is 10.6 Å². The second-order valence-electron chi connectivity index (χ2n) is 8.09. The summed E-state index contributed by atoms with van der Waals surface area (Å²) in [7, 11) is 0. The number of fused-ring (bicyclic) bond motifs is 5. The lowest BCUT2D eigenvalue weighted by Crippen LogP contribution is -2.44. The number of rotatable bonds is 2. The van der Waals surface area contributed by atoms with Crippen molar-refractivity contribution in [2.75, 3.05) is 0 Å². The van der Waals surface area contributed by atoms with E-state index in [2.05, 4.69) is 4.98 Å². The number of pyridine rings is 2. The number of aromatic nitrogens is 2.